The molecule has 14 heavy (non-hydrogen) atoms. The summed E-state index contributed by atoms with van der Waals surface area (Å²) in [5.41, 5.74) is 1.30. The van der Waals surface area contributed by atoms with Crippen molar-refractivity contribution in [3.63, 3.8) is 0 Å². The number of rotatable bonds is 1. The molecule has 1 atom stereocenters. The van der Waals surface area contributed by atoms with Crippen molar-refractivity contribution >= 4 is 28.3 Å². The molecule has 1 aromatic rings. The third-order valence-electron chi connectivity index (χ3n) is 2.44. The van der Waals surface area contributed by atoms with E-state index in [1.807, 2.05) is 12.4 Å². The first-order chi connectivity index (χ1) is 6.36. The van der Waals surface area contributed by atoms with Crippen molar-refractivity contribution in [2.45, 2.75) is 25.3 Å². The fraction of sp³-hybridized carbons (Fsp3) is 0.500. The van der Waals surface area contributed by atoms with Crippen LogP contribution in [-0.4, -0.2) is 11.5 Å². The number of halogens is 2. The number of hydrogen-bond acceptors (Lipinski definition) is 2. The largest absolute Gasteiger partial charge is 0.310 e. The van der Waals surface area contributed by atoms with Gasteiger partial charge < -0.3 is 5.32 Å². The fourth-order valence-corrected chi connectivity index (χ4v) is 2.14. The first kappa shape index (κ1) is 12.0. The lowest BCUT2D eigenvalue weighted by Gasteiger charge is -2.23. The molecule has 4 heteroatoms. The van der Waals surface area contributed by atoms with Crippen LogP contribution in [0.2, 0.25) is 0 Å². The van der Waals surface area contributed by atoms with Crippen LogP contribution in [0.1, 0.15) is 30.9 Å². The first-order valence-corrected chi connectivity index (χ1v) is 5.49. The molecular weight excluding hydrogens is 263 g/mol. The Morgan fingerprint density at radius 1 is 1.36 bits per heavy atom. The van der Waals surface area contributed by atoms with Gasteiger partial charge in [-0.1, -0.05) is 6.42 Å². The van der Waals surface area contributed by atoms with Crippen molar-refractivity contribution in [2.24, 2.45) is 0 Å². The average molecular weight is 278 g/mol. The molecule has 2 nitrogen and oxygen atoms in total. The van der Waals surface area contributed by atoms with Gasteiger partial charge in [0.05, 0.1) is 0 Å². The molecule has 1 N–H and O–H groups in total. The van der Waals surface area contributed by atoms with E-state index in [9.17, 15) is 0 Å². The van der Waals surface area contributed by atoms with E-state index in [1.54, 1.807) is 0 Å². The summed E-state index contributed by atoms with van der Waals surface area (Å²) in [7, 11) is 0. The van der Waals surface area contributed by atoms with Crippen molar-refractivity contribution in [2.75, 3.05) is 6.54 Å². The van der Waals surface area contributed by atoms with Gasteiger partial charge in [-0.15, -0.1) is 12.4 Å². The first-order valence-electron chi connectivity index (χ1n) is 4.70. The van der Waals surface area contributed by atoms with Crippen LogP contribution in [0.4, 0.5) is 0 Å². The molecule has 0 saturated carbocycles. The molecule has 0 aromatic carbocycles. The Bertz CT molecular complexity index is 287. The molecule has 0 aliphatic carbocycles. The van der Waals surface area contributed by atoms with E-state index < -0.39 is 0 Å². The number of piperidine rings is 1. The number of nitrogens with one attached hydrogen (secondary N) is 1. The monoisotopic (exact) mass is 276 g/mol. The second-order valence-electron chi connectivity index (χ2n) is 3.44. The molecule has 78 valence electrons. The molecule has 1 saturated heterocycles. The normalized spacial score (nSPS) is 21.4. The van der Waals surface area contributed by atoms with E-state index in [4.69, 9.17) is 0 Å². The van der Waals surface area contributed by atoms with E-state index in [-0.39, 0.29) is 12.4 Å². The van der Waals surface area contributed by atoms with Gasteiger partial charge in [-0.3, -0.25) is 4.98 Å². The van der Waals surface area contributed by atoms with E-state index >= 15 is 0 Å². The molecule has 2 heterocycles. The third kappa shape index (κ3) is 2.94. The average Bonchev–Trinajstić information content (AvgIpc) is 2.19. The van der Waals surface area contributed by atoms with Crippen molar-refractivity contribution in [1.82, 2.24) is 10.3 Å². The zero-order valence-electron chi connectivity index (χ0n) is 7.87. The fourth-order valence-electron chi connectivity index (χ4n) is 1.76. The highest BCUT2D eigenvalue weighted by Gasteiger charge is 2.14. The maximum Gasteiger partial charge on any atom is 0.0410 e. The summed E-state index contributed by atoms with van der Waals surface area (Å²) in [5.74, 6) is 0. The van der Waals surface area contributed by atoms with Crippen molar-refractivity contribution < 1.29 is 0 Å². The molecule has 1 unspecified atom stereocenters. The van der Waals surface area contributed by atoms with Crippen LogP contribution in [0.5, 0.6) is 0 Å². The third-order valence-corrected chi connectivity index (χ3v) is 2.87. The maximum absolute atomic E-state index is 4.17. The summed E-state index contributed by atoms with van der Waals surface area (Å²) in [6.45, 7) is 1.14. The van der Waals surface area contributed by atoms with Gasteiger partial charge >= 0.3 is 0 Å². The van der Waals surface area contributed by atoms with Crippen LogP contribution < -0.4 is 5.32 Å². The zero-order chi connectivity index (χ0) is 9.10. The number of pyridine rings is 1. The SMILES string of the molecule is Brc1cncc(C2CCCCN2)c1.Cl. The Kier molecular flexibility index (Phi) is 4.85. The molecule has 0 amide bonds. The van der Waals surface area contributed by atoms with Gasteiger partial charge in [-0.2, -0.15) is 0 Å². The van der Waals surface area contributed by atoms with Crippen LogP contribution in [0.25, 0.3) is 0 Å². The maximum atomic E-state index is 4.17. The summed E-state index contributed by atoms with van der Waals surface area (Å²) < 4.78 is 1.07. The molecule has 0 spiro atoms. The topological polar surface area (TPSA) is 24.9 Å². The van der Waals surface area contributed by atoms with Crippen molar-refractivity contribution in [3.8, 4) is 0 Å². The summed E-state index contributed by atoms with van der Waals surface area (Å²) in [6.07, 6.45) is 7.64. The summed E-state index contributed by atoms with van der Waals surface area (Å²) in [5, 5.41) is 3.50. The predicted molar refractivity (Wildman–Crippen MR) is 63.8 cm³/mol. The van der Waals surface area contributed by atoms with Crippen LogP contribution >= 0.6 is 28.3 Å². The van der Waals surface area contributed by atoms with Gasteiger partial charge in [0.25, 0.3) is 0 Å². The summed E-state index contributed by atoms with van der Waals surface area (Å²) in [4.78, 5) is 4.17. The quantitative estimate of drug-likeness (QED) is 0.853. The molecule has 0 bridgehead atoms. The summed E-state index contributed by atoms with van der Waals surface area (Å²) >= 11 is 3.44. The van der Waals surface area contributed by atoms with Gasteiger partial charge in [-0.25, -0.2) is 0 Å². The standard InChI is InChI=1S/C10H13BrN2.ClH/c11-9-5-8(6-12-7-9)10-3-1-2-4-13-10;/h5-7,10,13H,1-4H2;1H. The van der Waals surface area contributed by atoms with Gasteiger partial charge in [0.1, 0.15) is 0 Å². The lowest BCUT2D eigenvalue weighted by molar-refractivity contribution is 0.411. The second kappa shape index (κ2) is 5.69. The highest BCUT2D eigenvalue weighted by atomic mass is 79.9. The van der Waals surface area contributed by atoms with E-state index in [2.05, 4.69) is 32.3 Å². The highest BCUT2D eigenvalue weighted by molar-refractivity contribution is 9.10. The van der Waals surface area contributed by atoms with E-state index in [1.165, 1.54) is 24.8 Å². The Labute approximate surface area is 99.0 Å². The number of aromatic nitrogens is 1. The molecule has 1 aliphatic heterocycles. The number of hydrogen-bond donors (Lipinski definition) is 1. The van der Waals surface area contributed by atoms with Gasteiger partial charge in [0.2, 0.25) is 0 Å². The predicted octanol–water partition coefficient (Wildman–Crippen LogP) is 3.08. The van der Waals surface area contributed by atoms with Gasteiger partial charge in [0.15, 0.2) is 0 Å². The lowest BCUT2D eigenvalue weighted by atomic mass is 9.99. The molecule has 1 aliphatic rings. The number of nitrogens with zero attached hydrogens (tertiary/aromatic N) is 1. The molecule has 0 radical (unpaired) electrons. The van der Waals surface area contributed by atoms with Crippen LogP contribution in [-0.2, 0) is 0 Å². The Balaban J connectivity index is 0.000000980. The minimum atomic E-state index is 0. The second-order valence-corrected chi connectivity index (χ2v) is 4.35. The van der Waals surface area contributed by atoms with Crippen LogP contribution in [0, 0.1) is 0 Å². The molecule has 1 fully saturated rings. The van der Waals surface area contributed by atoms with E-state index in [0.29, 0.717) is 6.04 Å². The van der Waals surface area contributed by atoms with Gasteiger partial charge in [-0.05, 0) is 46.9 Å². The van der Waals surface area contributed by atoms with E-state index in [0.717, 1.165) is 11.0 Å². The smallest absolute Gasteiger partial charge is 0.0410 e. The minimum absolute atomic E-state index is 0. The highest BCUT2D eigenvalue weighted by Crippen LogP contribution is 2.23. The van der Waals surface area contributed by atoms with Crippen molar-refractivity contribution in [1.29, 1.82) is 0 Å². The van der Waals surface area contributed by atoms with Crippen molar-refractivity contribution in [3.05, 3.63) is 28.5 Å². The Morgan fingerprint density at radius 2 is 2.21 bits per heavy atom. The molecular formula is C10H14BrClN2. The summed E-state index contributed by atoms with van der Waals surface area (Å²) in [6, 6.07) is 2.66. The molecule has 1 aromatic heterocycles. The minimum Gasteiger partial charge on any atom is -0.310 e. The lowest BCUT2D eigenvalue weighted by Crippen LogP contribution is -2.26. The van der Waals surface area contributed by atoms with Crippen LogP contribution in [0.15, 0.2) is 22.9 Å². The molecule has 2 rings (SSSR count). The van der Waals surface area contributed by atoms with Gasteiger partial charge in [0, 0.05) is 22.9 Å². The Hall–Kier alpha value is -0.120. The zero-order valence-corrected chi connectivity index (χ0v) is 10.3. The van der Waals surface area contributed by atoms with Crippen LogP contribution in [0.3, 0.4) is 0 Å². The Morgan fingerprint density at radius 3 is 2.86 bits per heavy atom.